The van der Waals surface area contributed by atoms with Gasteiger partial charge in [0.05, 0.1) is 6.04 Å². The van der Waals surface area contributed by atoms with Crippen molar-refractivity contribution >= 4 is 17.5 Å². The quantitative estimate of drug-likeness (QED) is 0.884. The van der Waals surface area contributed by atoms with Crippen LogP contribution in [-0.4, -0.2) is 11.9 Å². The Hall–Kier alpha value is -1.06. The van der Waals surface area contributed by atoms with Gasteiger partial charge >= 0.3 is 0 Å². The molecule has 0 aromatic heterocycles. The standard InChI is InChI=1S/C14H19ClN2O/c1-9(10-2-5-12(15)6-3-10)17-14(18)11-4-7-13(16)8-11/h2-3,5-6,9,11,13H,4,7-8,16H2,1H3,(H,17,18)/t9-,11?,13?/m0/s1. The Balaban J connectivity index is 1.92. The largest absolute Gasteiger partial charge is 0.349 e. The summed E-state index contributed by atoms with van der Waals surface area (Å²) in [5.74, 6) is 0.195. The van der Waals surface area contributed by atoms with E-state index in [0.717, 1.165) is 24.8 Å². The molecule has 0 heterocycles. The molecule has 2 rings (SSSR count). The molecule has 1 saturated carbocycles. The number of nitrogens with two attached hydrogens (primary N) is 1. The number of rotatable bonds is 3. The van der Waals surface area contributed by atoms with Gasteiger partial charge in [0.1, 0.15) is 0 Å². The molecule has 3 nitrogen and oxygen atoms in total. The molecule has 98 valence electrons. The molecule has 1 aliphatic carbocycles. The summed E-state index contributed by atoms with van der Waals surface area (Å²) < 4.78 is 0. The first-order valence-corrected chi connectivity index (χ1v) is 6.75. The Kier molecular flexibility index (Phi) is 4.25. The van der Waals surface area contributed by atoms with Crippen LogP contribution in [0.4, 0.5) is 0 Å². The molecule has 1 fully saturated rings. The smallest absolute Gasteiger partial charge is 0.223 e. The van der Waals surface area contributed by atoms with Crippen LogP contribution in [-0.2, 0) is 4.79 Å². The summed E-state index contributed by atoms with van der Waals surface area (Å²) in [4.78, 5) is 12.0. The van der Waals surface area contributed by atoms with Crippen LogP contribution in [0.25, 0.3) is 0 Å². The third-order valence-corrected chi connectivity index (χ3v) is 3.82. The topological polar surface area (TPSA) is 55.1 Å². The van der Waals surface area contributed by atoms with Crippen LogP contribution in [0.5, 0.6) is 0 Å². The predicted octanol–water partition coefficient (Wildman–Crippen LogP) is 2.64. The number of carbonyl (C=O) groups excluding carboxylic acids is 1. The molecule has 0 saturated heterocycles. The van der Waals surface area contributed by atoms with Crippen molar-refractivity contribution in [1.82, 2.24) is 5.32 Å². The number of carbonyl (C=O) groups is 1. The van der Waals surface area contributed by atoms with Gasteiger partial charge in [-0.2, -0.15) is 0 Å². The van der Waals surface area contributed by atoms with Crippen LogP contribution >= 0.6 is 11.6 Å². The normalized spacial score (nSPS) is 24.8. The van der Waals surface area contributed by atoms with Gasteiger partial charge in [-0.3, -0.25) is 4.79 Å². The maximum absolute atomic E-state index is 12.0. The molecule has 0 aliphatic heterocycles. The van der Waals surface area contributed by atoms with Gasteiger partial charge in [0.2, 0.25) is 5.91 Å². The number of halogens is 1. The lowest BCUT2D eigenvalue weighted by Gasteiger charge is -2.17. The number of hydrogen-bond acceptors (Lipinski definition) is 2. The first-order chi connectivity index (χ1) is 8.56. The number of amides is 1. The van der Waals surface area contributed by atoms with Gasteiger partial charge in [-0.25, -0.2) is 0 Å². The van der Waals surface area contributed by atoms with Crippen molar-refractivity contribution in [2.24, 2.45) is 11.7 Å². The molecule has 1 aromatic carbocycles. The third kappa shape index (κ3) is 3.24. The minimum absolute atomic E-state index is 0.00610. The van der Waals surface area contributed by atoms with E-state index in [1.807, 2.05) is 31.2 Å². The number of benzene rings is 1. The zero-order valence-electron chi connectivity index (χ0n) is 10.5. The van der Waals surface area contributed by atoms with Crippen LogP contribution < -0.4 is 11.1 Å². The second-order valence-corrected chi connectivity index (χ2v) is 5.49. The van der Waals surface area contributed by atoms with E-state index < -0.39 is 0 Å². The van der Waals surface area contributed by atoms with E-state index in [2.05, 4.69) is 5.32 Å². The number of hydrogen-bond donors (Lipinski definition) is 2. The summed E-state index contributed by atoms with van der Waals surface area (Å²) in [6.07, 6.45) is 2.66. The summed E-state index contributed by atoms with van der Waals surface area (Å²) in [6, 6.07) is 7.75. The second kappa shape index (κ2) is 5.72. The van der Waals surface area contributed by atoms with Gasteiger partial charge in [-0.15, -0.1) is 0 Å². The highest BCUT2D eigenvalue weighted by Gasteiger charge is 2.28. The van der Waals surface area contributed by atoms with Gasteiger partial charge in [-0.05, 0) is 43.9 Å². The molecule has 1 aliphatic rings. The molecule has 4 heteroatoms. The Morgan fingerprint density at radius 2 is 2.06 bits per heavy atom. The summed E-state index contributed by atoms with van der Waals surface area (Å²) in [5.41, 5.74) is 6.89. The van der Waals surface area contributed by atoms with Gasteiger partial charge < -0.3 is 11.1 Å². The second-order valence-electron chi connectivity index (χ2n) is 5.05. The molecule has 0 radical (unpaired) electrons. The number of nitrogens with one attached hydrogen (secondary N) is 1. The van der Waals surface area contributed by atoms with Crippen molar-refractivity contribution in [2.45, 2.75) is 38.3 Å². The SMILES string of the molecule is C[C@H](NC(=O)C1CCC(N)C1)c1ccc(Cl)cc1. The van der Waals surface area contributed by atoms with Crippen LogP contribution in [0.2, 0.25) is 5.02 Å². The maximum Gasteiger partial charge on any atom is 0.223 e. The van der Waals surface area contributed by atoms with Crippen LogP contribution in [0.1, 0.15) is 37.8 Å². The van der Waals surface area contributed by atoms with E-state index in [4.69, 9.17) is 17.3 Å². The molecule has 0 spiro atoms. The first kappa shape index (κ1) is 13.4. The van der Waals surface area contributed by atoms with Gasteiger partial charge in [0.25, 0.3) is 0 Å². The van der Waals surface area contributed by atoms with Crippen molar-refractivity contribution in [3.05, 3.63) is 34.9 Å². The lowest BCUT2D eigenvalue weighted by atomic mass is 10.0. The fourth-order valence-electron chi connectivity index (χ4n) is 2.42. The van der Waals surface area contributed by atoms with Crippen molar-refractivity contribution in [3.63, 3.8) is 0 Å². The summed E-state index contributed by atoms with van der Waals surface area (Å²) in [6.45, 7) is 1.98. The minimum atomic E-state index is 0.00610. The highest BCUT2D eigenvalue weighted by atomic mass is 35.5. The fraction of sp³-hybridized carbons (Fsp3) is 0.500. The van der Waals surface area contributed by atoms with Crippen molar-refractivity contribution in [2.75, 3.05) is 0 Å². The lowest BCUT2D eigenvalue weighted by Crippen LogP contribution is -2.32. The van der Waals surface area contributed by atoms with E-state index in [-0.39, 0.29) is 23.9 Å². The molecule has 18 heavy (non-hydrogen) atoms. The van der Waals surface area contributed by atoms with E-state index in [0.29, 0.717) is 5.02 Å². The Bertz CT molecular complexity index is 418. The zero-order chi connectivity index (χ0) is 13.1. The molecule has 1 aromatic rings. The Labute approximate surface area is 113 Å². The van der Waals surface area contributed by atoms with Gasteiger partial charge in [0.15, 0.2) is 0 Å². The Morgan fingerprint density at radius 1 is 1.39 bits per heavy atom. The maximum atomic E-state index is 12.0. The monoisotopic (exact) mass is 266 g/mol. The van der Waals surface area contributed by atoms with Gasteiger partial charge in [-0.1, -0.05) is 23.7 Å². The average molecular weight is 267 g/mol. The molecule has 1 amide bonds. The Morgan fingerprint density at radius 3 is 2.61 bits per heavy atom. The third-order valence-electron chi connectivity index (χ3n) is 3.57. The fourth-order valence-corrected chi connectivity index (χ4v) is 2.55. The summed E-state index contributed by atoms with van der Waals surface area (Å²) >= 11 is 5.84. The molecule has 3 atom stereocenters. The lowest BCUT2D eigenvalue weighted by molar-refractivity contribution is -0.125. The van der Waals surface area contributed by atoms with E-state index >= 15 is 0 Å². The molecular formula is C14H19ClN2O. The van der Waals surface area contributed by atoms with E-state index in [9.17, 15) is 4.79 Å². The summed E-state index contributed by atoms with van der Waals surface area (Å²) in [7, 11) is 0. The minimum Gasteiger partial charge on any atom is -0.349 e. The van der Waals surface area contributed by atoms with E-state index in [1.54, 1.807) is 0 Å². The van der Waals surface area contributed by atoms with Crippen LogP contribution in [0, 0.1) is 5.92 Å². The van der Waals surface area contributed by atoms with Gasteiger partial charge in [0, 0.05) is 17.0 Å². The predicted molar refractivity (Wildman–Crippen MR) is 73.3 cm³/mol. The van der Waals surface area contributed by atoms with Crippen molar-refractivity contribution in [1.29, 1.82) is 0 Å². The van der Waals surface area contributed by atoms with E-state index in [1.165, 1.54) is 0 Å². The molecular weight excluding hydrogens is 248 g/mol. The van der Waals surface area contributed by atoms with Crippen LogP contribution in [0.3, 0.4) is 0 Å². The van der Waals surface area contributed by atoms with Crippen molar-refractivity contribution in [3.8, 4) is 0 Å². The van der Waals surface area contributed by atoms with Crippen LogP contribution in [0.15, 0.2) is 24.3 Å². The highest BCUT2D eigenvalue weighted by molar-refractivity contribution is 6.30. The molecule has 3 N–H and O–H groups in total. The average Bonchev–Trinajstić information content (AvgIpc) is 2.76. The first-order valence-electron chi connectivity index (χ1n) is 6.37. The van der Waals surface area contributed by atoms with Crippen molar-refractivity contribution < 1.29 is 4.79 Å². The zero-order valence-corrected chi connectivity index (χ0v) is 11.3. The molecule has 0 bridgehead atoms. The summed E-state index contributed by atoms with van der Waals surface area (Å²) in [5, 5.41) is 3.75. The highest BCUT2D eigenvalue weighted by Crippen LogP contribution is 2.25. The molecule has 2 unspecified atom stereocenters.